The van der Waals surface area contributed by atoms with E-state index >= 15 is 0 Å². The molecule has 3 fully saturated rings. The molecule has 3 unspecified atom stereocenters. The molecule has 2 aliphatic carbocycles. The number of rotatable bonds is 5. The van der Waals surface area contributed by atoms with Gasteiger partial charge in [-0.3, -0.25) is 4.99 Å². The summed E-state index contributed by atoms with van der Waals surface area (Å²) in [5.74, 6) is 1.80. The van der Waals surface area contributed by atoms with E-state index in [-0.39, 0.29) is 24.0 Å². The van der Waals surface area contributed by atoms with Crippen molar-refractivity contribution in [1.82, 2.24) is 15.5 Å². The molecule has 0 radical (unpaired) electrons. The van der Waals surface area contributed by atoms with E-state index in [0.29, 0.717) is 6.04 Å². The fraction of sp³-hybridized carbons (Fsp3) is 0.938. The van der Waals surface area contributed by atoms with Crippen LogP contribution in [0.15, 0.2) is 4.99 Å². The zero-order valence-electron chi connectivity index (χ0n) is 13.9. The normalized spacial score (nSPS) is 32.8. The van der Waals surface area contributed by atoms with Crippen molar-refractivity contribution in [3.8, 4) is 0 Å². The van der Waals surface area contributed by atoms with Crippen LogP contribution in [0.1, 0.15) is 38.5 Å². The van der Waals surface area contributed by atoms with Gasteiger partial charge in [0, 0.05) is 37.5 Å². The zero-order valence-corrected chi connectivity index (χ0v) is 17.0. The summed E-state index contributed by atoms with van der Waals surface area (Å²) < 4.78 is 0. The number of nitrogens with one attached hydrogen (secondary N) is 2. The van der Waals surface area contributed by atoms with Crippen molar-refractivity contribution >= 4 is 41.7 Å². The van der Waals surface area contributed by atoms with Crippen LogP contribution in [-0.4, -0.2) is 61.1 Å². The van der Waals surface area contributed by atoms with Gasteiger partial charge < -0.3 is 15.5 Å². The van der Waals surface area contributed by atoms with Crippen LogP contribution in [0.3, 0.4) is 0 Å². The Hall–Kier alpha value is 0.310. The molecular weight excluding hydrogens is 407 g/mol. The SMILES string of the molecule is CN=C(NCC1CCN(C2CC2)C1)NC1CCC(SC)C1.I. The number of nitrogens with zero attached hydrogens (tertiary/aromatic N) is 2. The van der Waals surface area contributed by atoms with Gasteiger partial charge in [0.2, 0.25) is 0 Å². The molecule has 0 aromatic carbocycles. The lowest BCUT2D eigenvalue weighted by molar-refractivity contribution is 0.314. The topological polar surface area (TPSA) is 39.7 Å². The maximum absolute atomic E-state index is 4.40. The summed E-state index contributed by atoms with van der Waals surface area (Å²) in [4.78, 5) is 7.09. The Bertz CT molecular complexity index is 375. The third kappa shape index (κ3) is 5.16. The minimum absolute atomic E-state index is 0. The highest BCUT2D eigenvalue weighted by atomic mass is 127. The van der Waals surface area contributed by atoms with E-state index < -0.39 is 0 Å². The van der Waals surface area contributed by atoms with Crippen molar-refractivity contribution in [1.29, 1.82) is 0 Å². The molecular formula is C16H31IN4S. The standard InChI is InChI=1S/C16H30N4S.HI/c1-17-16(19-13-3-6-15(9-13)21-2)18-10-12-7-8-20(11-12)14-4-5-14;/h12-15H,3-11H2,1-2H3,(H2,17,18,19);1H. The molecule has 3 atom stereocenters. The van der Waals surface area contributed by atoms with Crippen LogP contribution in [-0.2, 0) is 0 Å². The van der Waals surface area contributed by atoms with Gasteiger partial charge in [-0.2, -0.15) is 11.8 Å². The molecule has 128 valence electrons. The molecule has 0 bridgehead atoms. The Labute approximate surface area is 156 Å². The second kappa shape index (κ2) is 8.97. The Kier molecular flexibility index (Phi) is 7.60. The highest BCUT2D eigenvalue weighted by Crippen LogP contribution is 2.31. The number of hydrogen-bond donors (Lipinski definition) is 2. The van der Waals surface area contributed by atoms with Gasteiger partial charge >= 0.3 is 0 Å². The molecule has 3 rings (SSSR count). The quantitative estimate of drug-likeness (QED) is 0.393. The summed E-state index contributed by atoms with van der Waals surface area (Å²) in [7, 11) is 1.89. The Morgan fingerprint density at radius 3 is 2.68 bits per heavy atom. The fourth-order valence-corrected chi connectivity index (χ4v) is 4.51. The van der Waals surface area contributed by atoms with E-state index in [4.69, 9.17) is 0 Å². The van der Waals surface area contributed by atoms with Crippen molar-refractivity contribution in [2.24, 2.45) is 10.9 Å². The number of halogens is 1. The molecule has 3 aliphatic rings. The van der Waals surface area contributed by atoms with E-state index in [9.17, 15) is 0 Å². The summed E-state index contributed by atoms with van der Waals surface area (Å²) in [6.07, 6.45) is 10.3. The first-order valence-electron chi connectivity index (χ1n) is 8.52. The summed E-state index contributed by atoms with van der Waals surface area (Å²) in [5, 5.41) is 8.00. The molecule has 22 heavy (non-hydrogen) atoms. The zero-order chi connectivity index (χ0) is 14.7. The maximum atomic E-state index is 4.40. The lowest BCUT2D eigenvalue weighted by Gasteiger charge is -2.19. The number of likely N-dealkylation sites (tertiary alicyclic amines) is 1. The van der Waals surface area contributed by atoms with E-state index in [1.807, 2.05) is 18.8 Å². The van der Waals surface area contributed by atoms with Crippen LogP contribution in [0.25, 0.3) is 0 Å². The third-order valence-corrected chi connectivity index (χ3v) is 6.32. The van der Waals surface area contributed by atoms with Gasteiger partial charge in [0.05, 0.1) is 0 Å². The Morgan fingerprint density at radius 2 is 2.05 bits per heavy atom. The minimum Gasteiger partial charge on any atom is -0.356 e. The smallest absolute Gasteiger partial charge is 0.191 e. The molecule has 0 amide bonds. The van der Waals surface area contributed by atoms with E-state index in [0.717, 1.165) is 29.7 Å². The average molecular weight is 438 g/mol. The van der Waals surface area contributed by atoms with Crippen molar-refractivity contribution in [2.45, 2.75) is 55.9 Å². The maximum Gasteiger partial charge on any atom is 0.191 e. The van der Waals surface area contributed by atoms with Gasteiger partial charge in [-0.1, -0.05) is 0 Å². The Morgan fingerprint density at radius 1 is 1.23 bits per heavy atom. The largest absolute Gasteiger partial charge is 0.356 e. The first-order valence-corrected chi connectivity index (χ1v) is 9.81. The fourth-order valence-electron chi connectivity index (χ4n) is 3.71. The van der Waals surface area contributed by atoms with E-state index in [1.165, 1.54) is 51.6 Å². The summed E-state index contributed by atoms with van der Waals surface area (Å²) >= 11 is 2.01. The number of guanidine groups is 1. The van der Waals surface area contributed by atoms with Crippen molar-refractivity contribution < 1.29 is 0 Å². The second-order valence-electron chi connectivity index (χ2n) is 6.85. The molecule has 0 aromatic rings. The molecule has 0 aromatic heterocycles. The molecule has 1 aliphatic heterocycles. The predicted molar refractivity (Wildman–Crippen MR) is 108 cm³/mol. The first kappa shape index (κ1) is 18.6. The van der Waals surface area contributed by atoms with Gasteiger partial charge in [0.1, 0.15) is 0 Å². The molecule has 1 saturated heterocycles. The third-order valence-electron chi connectivity index (χ3n) is 5.22. The van der Waals surface area contributed by atoms with E-state index in [2.05, 4.69) is 26.8 Å². The molecule has 4 nitrogen and oxygen atoms in total. The van der Waals surface area contributed by atoms with E-state index in [1.54, 1.807) is 0 Å². The summed E-state index contributed by atoms with van der Waals surface area (Å²) in [6, 6.07) is 1.54. The monoisotopic (exact) mass is 438 g/mol. The number of thioether (sulfide) groups is 1. The highest BCUT2D eigenvalue weighted by molar-refractivity contribution is 14.0. The summed E-state index contributed by atoms with van der Waals surface area (Å²) in [6.45, 7) is 3.66. The van der Waals surface area contributed by atoms with Gasteiger partial charge in [-0.05, 0) is 57.2 Å². The predicted octanol–water partition coefficient (Wildman–Crippen LogP) is 2.54. The van der Waals surface area contributed by atoms with Crippen LogP contribution >= 0.6 is 35.7 Å². The Balaban J connectivity index is 0.00000176. The van der Waals surface area contributed by atoms with Crippen LogP contribution in [0.5, 0.6) is 0 Å². The molecule has 6 heteroatoms. The van der Waals surface area contributed by atoms with Gasteiger partial charge in [0.25, 0.3) is 0 Å². The summed E-state index contributed by atoms with van der Waals surface area (Å²) in [5.41, 5.74) is 0. The number of aliphatic imine (C=N–C) groups is 1. The lowest BCUT2D eigenvalue weighted by Crippen LogP contribution is -2.44. The molecule has 0 spiro atoms. The van der Waals surface area contributed by atoms with Crippen LogP contribution < -0.4 is 10.6 Å². The van der Waals surface area contributed by atoms with Crippen molar-refractivity contribution in [3.05, 3.63) is 0 Å². The second-order valence-corrected chi connectivity index (χ2v) is 7.98. The van der Waals surface area contributed by atoms with Crippen LogP contribution in [0.4, 0.5) is 0 Å². The van der Waals surface area contributed by atoms with Crippen molar-refractivity contribution in [3.63, 3.8) is 0 Å². The van der Waals surface area contributed by atoms with Gasteiger partial charge in [-0.15, -0.1) is 24.0 Å². The van der Waals surface area contributed by atoms with Crippen molar-refractivity contribution in [2.75, 3.05) is 32.9 Å². The van der Waals surface area contributed by atoms with Gasteiger partial charge in [-0.25, -0.2) is 0 Å². The molecule has 2 N–H and O–H groups in total. The number of hydrogen-bond acceptors (Lipinski definition) is 3. The first-order chi connectivity index (χ1) is 10.3. The molecule has 1 heterocycles. The van der Waals surface area contributed by atoms with Gasteiger partial charge in [0.15, 0.2) is 5.96 Å². The molecule has 2 saturated carbocycles. The average Bonchev–Trinajstić information content (AvgIpc) is 3.08. The lowest BCUT2D eigenvalue weighted by atomic mass is 10.1. The highest BCUT2D eigenvalue weighted by Gasteiger charge is 2.34. The van der Waals surface area contributed by atoms with Crippen LogP contribution in [0, 0.1) is 5.92 Å². The minimum atomic E-state index is 0. The van der Waals surface area contributed by atoms with Crippen LogP contribution in [0.2, 0.25) is 0 Å².